The summed E-state index contributed by atoms with van der Waals surface area (Å²) in [6.07, 6.45) is -0.260. The molecule has 5 nitrogen and oxygen atoms in total. The molecule has 0 rings (SSSR count). The first-order valence-electron chi connectivity index (χ1n) is 2.58. The molecule has 0 aliphatic heterocycles. The minimum absolute atomic E-state index is 0.0380. The van der Waals surface area contributed by atoms with E-state index >= 15 is 0 Å². The summed E-state index contributed by atoms with van der Waals surface area (Å²) in [6.45, 7) is 3.28. The van der Waals surface area contributed by atoms with E-state index in [1.54, 1.807) is 0 Å². The molecule has 0 atom stereocenters. The SMILES string of the molecule is C=BN=NCCP(=O)(O)O. The summed E-state index contributed by atoms with van der Waals surface area (Å²) < 4.78 is 10.2. The van der Waals surface area contributed by atoms with Gasteiger partial charge in [-0.25, -0.2) is 0 Å². The van der Waals surface area contributed by atoms with Crippen LogP contribution in [0.15, 0.2) is 10.1 Å². The van der Waals surface area contributed by atoms with E-state index in [2.05, 4.69) is 16.6 Å². The predicted molar refractivity (Wildman–Crippen MR) is 39.5 cm³/mol. The third-order valence-electron chi connectivity index (χ3n) is 0.655. The fraction of sp³-hybridized carbons (Fsp3) is 0.667. The molecule has 0 fully saturated rings. The summed E-state index contributed by atoms with van der Waals surface area (Å²) in [4.78, 5) is 16.6. The molecule has 0 aliphatic carbocycles. The molecule has 2 N–H and O–H groups in total. The minimum atomic E-state index is -3.89. The molecule has 0 unspecified atom stereocenters. The second-order valence-electron chi connectivity index (χ2n) is 1.55. The molecule has 0 saturated heterocycles. The van der Waals surface area contributed by atoms with Crippen LogP contribution in [0.1, 0.15) is 0 Å². The Bertz CT molecular complexity index is 177. The molecule has 0 bridgehead atoms. The molecule has 0 aliphatic rings. The molecule has 0 aromatic carbocycles. The van der Waals surface area contributed by atoms with E-state index in [4.69, 9.17) is 9.79 Å². The summed E-state index contributed by atoms with van der Waals surface area (Å²) in [6, 6.07) is 0. The van der Waals surface area contributed by atoms with Gasteiger partial charge in [-0.2, -0.15) is 0 Å². The summed E-state index contributed by atoms with van der Waals surface area (Å²) in [7, 11) is -2.69. The maximum atomic E-state index is 10.2. The monoisotopic (exact) mass is 162 g/mol. The van der Waals surface area contributed by atoms with E-state index in [0.717, 1.165) is 0 Å². The van der Waals surface area contributed by atoms with Crippen LogP contribution < -0.4 is 0 Å². The molecule has 56 valence electrons. The van der Waals surface area contributed by atoms with Crippen LogP contribution in [0.25, 0.3) is 0 Å². The first-order chi connectivity index (χ1) is 4.56. The van der Waals surface area contributed by atoms with Crippen molar-refractivity contribution in [3.05, 3.63) is 0 Å². The normalized spacial score (nSPS) is 11.8. The van der Waals surface area contributed by atoms with Crippen LogP contribution in [0.5, 0.6) is 0 Å². The Hall–Kier alpha value is -0.315. The van der Waals surface area contributed by atoms with Crippen molar-refractivity contribution in [2.75, 3.05) is 12.7 Å². The Kier molecular flexibility index (Phi) is 4.35. The van der Waals surface area contributed by atoms with Crippen molar-refractivity contribution in [1.82, 2.24) is 0 Å². The average Bonchev–Trinajstić information content (AvgIpc) is 1.78. The zero-order valence-electron chi connectivity index (χ0n) is 5.34. The van der Waals surface area contributed by atoms with Crippen LogP contribution in [-0.4, -0.2) is 36.0 Å². The Morgan fingerprint density at radius 2 is 2.20 bits per heavy atom. The second kappa shape index (κ2) is 4.49. The van der Waals surface area contributed by atoms with Gasteiger partial charge in [-0.05, 0) is 0 Å². The zero-order chi connectivity index (χ0) is 8.04. The summed E-state index contributed by atoms with van der Waals surface area (Å²) in [5, 5.41) is 6.71. The van der Waals surface area contributed by atoms with Gasteiger partial charge in [0.15, 0.2) is 0 Å². The van der Waals surface area contributed by atoms with Crippen molar-refractivity contribution < 1.29 is 14.4 Å². The third-order valence-corrected chi connectivity index (χ3v) is 1.44. The van der Waals surface area contributed by atoms with E-state index in [1.807, 2.05) is 0 Å². The molecule has 0 spiro atoms. The fourth-order valence-corrected chi connectivity index (χ4v) is 0.640. The van der Waals surface area contributed by atoms with Gasteiger partial charge in [-0.3, -0.25) is 0 Å². The summed E-state index contributed by atoms with van der Waals surface area (Å²) in [5.74, 6) is 0. The Morgan fingerprint density at radius 1 is 1.60 bits per heavy atom. The molecule has 10 heavy (non-hydrogen) atoms. The van der Waals surface area contributed by atoms with Gasteiger partial charge in [0.2, 0.25) is 0 Å². The van der Waals surface area contributed by atoms with E-state index in [-0.39, 0.29) is 12.7 Å². The van der Waals surface area contributed by atoms with Gasteiger partial charge in [-0.15, -0.1) is 0 Å². The number of nitrogens with zero attached hydrogens (tertiary/aromatic N) is 2. The number of hydrogen-bond acceptors (Lipinski definition) is 3. The number of hydrogen-bond donors (Lipinski definition) is 2. The summed E-state index contributed by atoms with van der Waals surface area (Å²) in [5.41, 5.74) is 0. The average molecular weight is 162 g/mol. The molecule has 0 saturated carbocycles. The Balaban J connectivity index is 3.47. The standard InChI is InChI=1S/C3H8BN2O3P/c1-4-6-5-2-3-10(7,8)9/h1-3H2,(H2,7,8,9). The van der Waals surface area contributed by atoms with Crippen LogP contribution >= 0.6 is 7.60 Å². The van der Waals surface area contributed by atoms with Crippen LogP contribution in [0.3, 0.4) is 0 Å². The molecule has 0 aromatic heterocycles. The first kappa shape index (κ1) is 9.68. The molecule has 7 heteroatoms. The molecule has 0 amide bonds. The predicted octanol–water partition coefficient (Wildman–Crippen LogP) is -0.333. The van der Waals surface area contributed by atoms with Crippen molar-refractivity contribution in [3.8, 4) is 0 Å². The molecule has 0 heterocycles. The van der Waals surface area contributed by atoms with Crippen LogP contribution in [0.2, 0.25) is 0 Å². The molecular weight excluding hydrogens is 154 g/mol. The van der Waals surface area contributed by atoms with E-state index in [9.17, 15) is 4.57 Å². The second-order valence-corrected chi connectivity index (χ2v) is 3.33. The van der Waals surface area contributed by atoms with E-state index in [0.29, 0.717) is 0 Å². The van der Waals surface area contributed by atoms with Gasteiger partial charge >= 0.3 is 58.3 Å². The van der Waals surface area contributed by atoms with Gasteiger partial charge < -0.3 is 0 Å². The third kappa shape index (κ3) is 7.68. The van der Waals surface area contributed by atoms with Crippen molar-refractivity contribution in [2.45, 2.75) is 0 Å². The van der Waals surface area contributed by atoms with Gasteiger partial charge in [0.1, 0.15) is 0 Å². The Labute approximate surface area is 59.3 Å². The van der Waals surface area contributed by atoms with Crippen molar-refractivity contribution in [1.29, 1.82) is 0 Å². The van der Waals surface area contributed by atoms with E-state index in [1.165, 1.54) is 7.06 Å². The topological polar surface area (TPSA) is 82.2 Å². The van der Waals surface area contributed by atoms with Crippen LogP contribution in [0.4, 0.5) is 0 Å². The van der Waals surface area contributed by atoms with Gasteiger partial charge in [0, 0.05) is 0 Å². The van der Waals surface area contributed by atoms with Gasteiger partial charge in [0.25, 0.3) is 0 Å². The molecular formula is C3H8BN2O3P. The quantitative estimate of drug-likeness (QED) is 0.337. The van der Waals surface area contributed by atoms with Crippen molar-refractivity contribution >= 4 is 21.1 Å². The molecule has 0 aromatic rings. The van der Waals surface area contributed by atoms with Crippen molar-refractivity contribution in [2.24, 2.45) is 10.1 Å². The maximum absolute atomic E-state index is 10.2. The first-order valence-corrected chi connectivity index (χ1v) is 4.38. The van der Waals surface area contributed by atoms with Crippen LogP contribution in [-0.2, 0) is 4.57 Å². The number of rotatable bonds is 4. The van der Waals surface area contributed by atoms with Crippen molar-refractivity contribution in [3.63, 3.8) is 0 Å². The van der Waals surface area contributed by atoms with E-state index < -0.39 is 7.60 Å². The fourth-order valence-electron chi connectivity index (χ4n) is 0.290. The van der Waals surface area contributed by atoms with Gasteiger partial charge in [-0.1, -0.05) is 0 Å². The Morgan fingerprint density at radius 3 is 2.60 bits per heavy atom. The molecule has 0 radical (unpaired) electrons. The summed E-state index contributed by atoms with van der Waals surface area (Å²) >= 11 is 0. The van der Waals surface area contributed by atoms with Crippen LogP contribution in [0, 0.1) is 0 Å². The van der Waals surface area contributed by atoms with Gasteiger partial charge in [0.05, 0.1) is 0 Å². The zero-order valence-corrected chi connectivity index (χ0v) is 6.24.